The third-order valence-electron chi connectivity index (χ3n) is 3.90. The molecular formula is C18H16ClN3O3. The lowest BCUT2D eigenvalue weighted by molar-refractivity contribution is -0.119. The summed E-state index contributed by atoms with van der Waals surface area (Å²) < 4.78 is 0. The maximum Gasteiger partial charge on any atom is 0.319 e. The van der Waals surface area contributed by atoms with E-state index < -0.39 is 18.0 Å². The number of benzene rings is 2. The molecule has 1 aliphatic rings. The van der Waals surface area contributed by atoms with E-state index in [1.165, 1.54) is 12.1 Å². The summed E-state index contributed by atoms with van der Waals surface area (Å²) in [6.45, 7) is 3.81. The Morgan fingerprint density at radius 1 is 1.20 bits per heavy atom. The van der Waals surface area contributed by atoms with E-state index >= 15 is 0 Å². The van der Waals surface area contributed by atoms with Crippen LogP contribution in [0.1, 0.15) is 11.6 Å². The monoisotopic (exact) mass is 357 g/mol. The Balaban J connectivity index is 1.89. The number of hydrogen-bond donors (Lipinski definition) is 4. The molecule has 0 aromatic heterocycles. The van der Waals surface area contributed by atoms with Gasteiger partial charge in [0, 0.05) is 16.4 Å². The first-order valence-electron chi connectivity index (χ1n) is 7.56. The highest BCUT2D eigenvalue weighted by Crippen LogP contribution is 2.31. The molecule has 2 aromatic carbocycles. The molecule has 1 saturated heterocycles. The summed E-state index contributed by atoms with van der Waals surface area (Å²) in [5, 5.41) is 18.0. The number of phenolic OH excluding ortho intramolecular Hbond substituents is 1. The van der Waals surface area contributed by atoms with Crippen molar-refractivity contribution in [3.63, 3.8) is 0 Å². The van der Waals surface area contributed by atoms with Crippen LogP contribution in [-0.4, -0.2) is 17.0 Å². The van der Waals surface area contributed by atoms with Crippen molar-refractivity contribution in [2.45, 2.75) is 6.04 Å². The van der Waals surface area contributed by atoms with E-state index in [0.29, 0.717) is 22.0 Å². The summed E-state index contributed by atoms with van der Waals surface area (Å²) >= 11 is 5.94. The molecule has 0 saturated carbocycles. The Labute approximate surface area is 149 Å². The molecule has 0 aliphatic carbocycles. The van der Waals surface area contributed by atoms with Gasteiger partial charge >= 0.3 is 6.03 Å². The van der Waals surface area contributed by atoms with Crippen LogP contribution in [0.4, 0.5) is 10.5 Å². The molecule has 1 fully saturated rings. The summed E-state index contributed by atoms with van der Waals surface area (Å²) in [4.78, 5) is 24.6. The minimum absolute atomic E-state index is 0.0998. The molecule has 2 aromatic rings. The van der Waals surface area contributed by atoms with Crippen molar-refractivity contribution < 1.29 is 14.7 Å². The van der Waals surface area contributed by atoms with Gasteiger partial charge in [0.2, 0.25) is 5.91 Å². The van der Waals surface area contributed by atoms with E-state index in [1.807, 2.05) is 0 Å². The molecule has 1 heterocycles. The zero-order chi connectivity index (χ0) is 18.0. The molecule has 3 rings (SSSR count). The number of carbonyl (C=O) groups excluding carboxylic acids is 2. The number of carbonyl (C=O) groups is 2. The third kappa shape index (κ3) is 3.75. The minimum Gasteiger partial charge on any atom is -0.508 e. The van der Waals surface area contributed by atoms with Crippen LogP contribution < -0.4 is 16.0 Å². The van der Waals surface area contributed by atoms with Gasteiger partial charge in [-0.1, -0.05) is 36.4 Å². The molecule has 0 bridgehead atoms. The number of phenols is 1. The minimum atomic E-state index is -0.735. The van der Waals surface area contributed by atoms with Gasteiger partial charge in [-0.15, -0.1) is 0 Å². The SMILES string of the molecule is C=C1NC(=O)N[C@@H](c2ccc(O)cc2)[C@@H]1C(=O)Nc1cccc(Cl)c1. The Hall–Kier alpha value is -2.99. The average Bonchev–Trinajstić information content (AvgIpc) is 2.54. The molecule has 7 heteroatoms. The van der Waals surface area contributed by atoms with Crippen molar-refractivity contribution in [1.82, 2.24) is 10.6 Å². The smallest absolute Gasteiger partial charge is 0.319 e. The second kappa shape index (κ2) is 6.86. The van der Waals surface area contributed by atoms with Gasteiger partial charge in [-0.3, -0.25) is 4.79 Å². The maximum absolute atomic E-state index is 12.8. The number of halogens is 1. The highest BCUT2D eigenvalue weighted by Gasteiger charge is 2.37. The molecular weight excluding hydrogens is 342 g/mol. The first-order chi connectivity index (χ1) is 11.9. The summed E-state index contributed by atoms with van der Waals surface area (Å²) in [5.41, 5.74) is 1.52. The van der Waals surface area contributed by atoms with Gasteiger partial charge in [0.1, 0.15) is 11.7 Å². The van der Waals surface area contributed by atoms with Crippen LogP contribution in [0.15, 0.2) is 60.8 Å². The van der Waals surface area contributed by atoms with E-state index in [9.17, 15) is 14.7 Å². The highest BCUT2D eigenvalue weighted by molar-refractivity contribution is 6.30. The van der Waals surface area contributed by atoms with Crippen molar-refractivity contribution in [1.29, 1.82) is 0 Å². The maximum atomic E-state index is 12.8. The summed E-state index contributed by atoms with van der Waals surface area (Å²) in [6.07, 6.45) is 0. The predicted molar refractivity (Wildman–Crippen MR) is 95.2 cm³/mol. The second-order valence-corrected chi connectivity index (χ2v) is 6.11. The molecule has 6 nitrogen and oxygen atoms in total. The predicted octanol–water partition coefficient (Wildman–Crippen LogP) is 3.17. The average molecular weight is 358 g/mol. The summed E-state index contributed by atoms with van der Waals surface area (Å²) in [7, 11) is 0. The molecule has 4 N–H and O–H groups in total. The van der Waals surface area contributed by atoms with Crippen LogP contribution in [0.25, 0.3) is 0 Å². The molecule has 0 radical (unpaired) electrons. The quantitative estimate of drug-likeness (QED) is 0.680. The number of hydrogen-bond acceptors (Lipinski definition) is 3. The first kappa shape index (κ1) is 16.9. The Morgan fingerprint density at radius 2 is 1.92 bits per heavy atom. The number of amides is 3. The highest BCUT2D eigenvalue weighted by atomic mass is 35.5. The fourth-order valence-corrected chi connectivity index (χ4v) is 2.93. The largest absolute Gasteiger partial charge is 0.508 e. The number of rotatable bonds is 3. The molecule has 2 atom stereocenters. The van der Waals surface area contributed by atoms with E-state index in [4.69, 9.17) is 11.6 Å². The lowest BCUT2D eigenvalue weighted by Gasteiger charge is -2.33. The topological polar surface area (TPSA) is 90.5 Å². The molecule has 0 unspecified atom stereocenters. The first-order valence-corrected chi connectivity index (χ1v) is 7.93. The van der Waals surface area contributed by atoms with E-state index in [0.717, 1.165) is 0 Å². The van der Waals surface area contributed by atoms with Gasteiger partial charge < -0.3 is 21.1 Å². The molecule has 128 valence electrons. The van der Waals surface area contributed by atoms with Crippen LogP contribution in [0.5, 0.6) is 5.75 Å². The standard InChI is InChI=1S/C18H16ClN3O3/c1-10-15(17(24)21-13-4-2-3-12(19)9-13)16(22-18(25)20-10)11-5-7-14(23)8-6-11/h2-9,15-16,23H,1H2,(H,21,24)(H2,20,22,25)/t15-,16+/m1/s1. The van der Waals surface area contributed by atoms with Crippen molar-refractivity contribution in [2.75, 3.05) is 5.32 Å². The fraction of sp³-hybridized carbons (Fsp3) is 0.111. The van der Waals surface area contributed by atoms with Crippen molar-refractivity contribution >= 4 is 29.2 Å². The second-order valence-electron chi connectivity index (χ2n) is 5.67. The van der Waals surface area contributed by atoms with Crippen molar-refractivity contribution in [3.8, 4) is 5.75 Å². The van der Waals surface area contributed by atoms with Crippen LogP contribution in [0, 0.1) is 5.92 Å². The van der Waals surface area contributed by atoms with Gasteiger partial charge in [0.15, 0.2) is 0 Å². The van der Waals surface area contributed by atoms with Gasteiger partial charge in [-0.25, -0.2) is 4.79 Å². The van der Waals surface area contributed by atoms with Gasteiger partial charge in [0.05, 0.1) is 6.04 Å². The van der Waals surface area contributed by atoms with Gasteiger partial charge in [-0.05, 0) is 35.9 Å². The number of anilines is 1. The number of nitrogens with one attached hydrogen (secondary N) is 3. The number of aromatic hydroxyl groups is 1. The normalized spacial score (nSPS) is 19.7. The van der Waals surface area contributed by atoms with Gasteiger partial charge in [-0.2, -0.15) is 0 Å². The Bertz CT molecular complexity index is 836. The van der Waals surface area contributed by atoms with E-state index in [1.54, 1.807) is 36.4 Å². The van der Waals surface area contributed by atoms with Crippen LogP contribution in [-0.2, 0) is 4.79 Å². The molecule has 3 amide bonds. The van der Waals surface area contributed by atoms with E-state index in [2.05, 4.69) is 22.5 Å². The fourth-order valence-electron chi connectivity index (χ4n) is 2.74. The molecule has 25 heavy (non-hydrogen) atoms. The Kier molecular flexibility index (Phi) is 4.63. The van der Waals surface area contributed by atoms with Crippen molar-refractivity contribution in [2.24, 2.45) is 5.92 Å². The summed E-state index contributed by atoms with van der Waals surface area (Å²) in [6, 6.07) is 12.0. The van der Waals surface area contributed by atoms with Crippen LogP contribution in [0.3, 0.4) is 0 Å². The van der Waals surface area contributed by atoms with E-state index in [-0.39, 0.29) is 11.7 Å². The lowest BCUT2D eigenvalue weighted by Crippen LogP contribution is -2.51. The zero-order valence-electron chi connectivity index (χ0n) is 13.1. The van der Waals surface area contributed by atoms with Gasteiger partial charge in [0.25, 0.3) is 0 Å². The van der Waals surface area contributed by atoms with Crippen LogP contribution in [0.2, 0.25) is 5.02 Å². The molecule has 0 spiro atoms. The third-order valence-corrected chi connectivity index (χ3v) is 4.13. The zero-order valence-corrected chi connectivity index (χ0v) is 13.9. The van der Waals surface area contributed by atoms with Crippen LogP contribution >= 0.6 is 11.6 Å². The summed E-state index contributed by atoms with van der Waals surface area (Å²) in [5.74, 6) is -0.971. The molecule has 1 aliphatic heterocycles. The number of urea groups is 1. The Morgan fingerprint density at radius 3 is 2.60 bits per heavy atom. The van der Waals surface area contributed by atoms with Crippen molar-refractivity contribution in [3.05, 3.63) is 71.4 Å². The lowest BCUT2D eigenvalue weighted by atomic mass is 9.88.